The van der Waals surface area contributed by atoms with E-state index in [9.17, 15) is 0 Å². The number of hydrogen-bond acceptors (Lipinski definition) is 2. The number of benzene rings is 1. The second kappa shape index (κ2) is 7.23. The lowest BCUT2D eigenvalue weighted by Crippen LogP contribution is -2.23. The maximum atomic E-state index is 4.66. The predicted octanol–water partition coefficient (Wildman–Crippen LogP) is 4.43. The van der Waals surface area contributed by atoms with Gasteiger partial charge in [0.05, 0.1) is 5.69 Å². The van der Waals surface area contributed by atoms with Crippen LogP contribution in [0.4, 0.5) is 0 Å². The summed E-state index contributed by atoms with van der Waals surface area (Å²) in [6, 6.07) is 9.39. The van der Waals surface area contributed by atoms with Crippen molar-refractivity contribution in [3.63, 3.8) is 0 Å². The minimum atomic E-state index is 0.303. The third kappa shape index (κ3) is 4.17. The fourth-order valence-corrected chi connectivity index (χ4v) is 2.67. The summed E-state index contributed by atoms with van der Waals surface area (Å²) in [6.07, 6.45) is 2.98. The summed E-state index contributed by atoms with van der Waals surface area (Å²) in [4.78, 5) is 0. The lowest BCUT2D eigenvalue weighted by molar-refractivity contribution is 0.506. The van der Waals surface area contributed by atoms with Crippen LogP contribution in [0.1, 0.15) is 49.7 Å². The van der Waals surface area contributed by atoms with Crippen molar-refractivity contribution in [3.05, 3.63) is 51.8 Å². The van der Waals surface area contributed by atoms with E-state index in [0.29, 0.717) is 12.1 Å². The molecule has 1 aromatic carbocycles. The van der Waals surface area contributed by atoms with Gasteiger partial charge in [0.2, 0.25) is 0 Å². The molecule has 4 heteroatoms. The molecule has 3 nitrogen and oxygen atoms in total. The Morgan fingerprint density at radius 3 is 2.62 bits per heavy atom. The average molecular weight is 350 g/mol. The smallest absolute Gasteiger partial charge is 0.0643 e. The molecule has 1 atom stereocenters. The standard InChI is InChI=1S/C17H24BrN3/c1-5-19-17(14-6-7-16(18)13(4)10-14)11-15-8-9-21(20-15)12(2)3/h6-10,12,17,19H,5,11H2,1-4H3. The molecule has 0 aliphatic heterocycles. The fraction of sp³-hybridized carbons (Fsp3) is 0.471. The zero-order valence-electron chi connectivity index (χ0n) is 13.2. The molecule has 21 heavy (non-hydrogen) atoms. The van der Waals surface area contributed by atoms with Crippen molar-refractivity contribution in [2.45, 2.75) is 46.2 Å². The molecule has 0 radical (unpaired) electrons. The summed E-state index contributed by atoms with van der Waals surface area (Å²) in [7, 11) is 0. The van der Waals surface area contributed by atoms with Gasteiger partial charge in [0, 0.05) is 29.2 Å². The van der Waals surface area contributed by atoms with Crippen LogP contribution in [0.3, 0.4) is 0 Å². The molecule has 0 spiro atoms. The Morgan fingerprint density at radius 1 is 1.29 bits per heavy atom. The monoisotopic (exact) mass is 349 g/mol. The van der Waals surface area contributed by atoms with Gasteiger partial charge in [-0.15, -0.1) is 0 Å². The minimum Gasteiger partial charge on any atom is -0.310 e. The van der Waals surface area contributed by atoms with E-state index in [2.05, 4.69) is 84.5 Å². The number of nitrogens with one attached hydrogen (secondary N) is 1. The second-order valence-corrected chi connectivity index (χ2v) is 6.56. The predicted molar refractivity (Wildman–Crippen MR) is 91.6 cm³/mol. The van der Waals surface area contributed by atoms with Crippen molar-refractivity contribution in [2.24, 2.45) is 0 Å². The highest BCUT2D eigenvalue weighted by atomic mass is 79.9. The van der Waals surface area contributed by atoms with Crippen molar-refractivity contribution in [1.82, 2.24) is 15.1 Å². The minimum absolute atomic E-state index is 0.303. The molecular weight excluding hydrogens is 326 g/mol. The number of hydrogen-bond donors (Lipinski definition) is 1. The van der Waals surface area contributed by atoms with E-state index >= 15 is 0 Å². The number of nitrogens with zero attached hydrogens (tertiary/aromatic N) is 2. The van der Waals surface area contributed by atoms with Gasteiger partial charge in [-0.2, -0.15) is 5.10 Å². The molecule has 1 aromatic heterocycles. The molecule has 0 amide bonds. The second-order valence-electron chi connectivity index (χ2n) is 5.70. The van der Waals surface area contributed by atoms with Crippen LogP contribution >= 0.6 is 15.9 Å². The Bertz CT molecular complexity index is 589. The van der Waals surface area contributed by atoms with Gasteiger partial charge in [0.25, 0.3) is 0 Å². The molecule has 0 saturated heterocycles. The maximum Gasteiger partial charge on any atom is 0.0643 e. The van der Waals surface area contributed by atoms with Crippen LogP contribution in [0.2, 0.25) is 0 Å². The Kier molecular flexibility index (Phi) is 5.59. The highest BCUT2D eigenvalue weighted by molar-refractivity contribution is 9.10. The van der Waals surface area contributed by atoms with E-state index in [-0.39, 0.29) is 0 Å². The lowest BCUT2D eigenvalue weighted by Gasteiger charge is -2.18. The van der Waals surface area contributed by atoms with Crippen LogP contribution in [0, 0.1) is 6.92 Å². The van der Waals surface area contributed by atoms with E-state index in [4.69, 9.17) is 0 Å². The first kappa shape index (κ1) is 16.2. The SMILES string of the molecule is CCNC(Cc1ccn(C(C)C)n1)c1ccc(Br)c(C)c1. The van der Waals surface area contributed by atoms with Crippen LogP contribution in [0.25, 0.3) is 0 Å². The van der Waals surface area contributed by atoms with Gasteiger partial charge < -0.3 is 5.32 Å². The van der Waals surface area contributed by atoms with Crippen LogP contribution < -0.4 is 5.32 Å². The van der Waals surface area contributed by atoms with Gasteiger partial charge in [-0.05, 0) is 50.6 Å². The molecular formula is C17H24BrN3. The molecule has 0 aliphatic rings. The Labute approximate surface area is 135 Å². The molecule has 0 saturated carbocycles. The number of halogens is 1. The van der Waals surface area contributed by atoms with E-state index in [1.807, 2.05) is 4.68 Å². The maximum absolute atomic E-state index is 4.66. The molecule has 2 aromatic rings. The topological polar surface area (TPSA) is 29.9 Å². The first-order valence-corrected chi connectivity index (χ1v) is 8.34. The summed E-state index contributed by atoms with van der Waals surface area (Å²) >= 11 is 3.57. The average Bonchev–Trinajstić information content (AvgIpc) is 2.90. The fourth-order valence-electron chi connectivity index (χ4n) is 2.42. The summed E-state index contributed by atoms with van der Waals surface area (Å²) in [6.45, 7) is 9.52. The summed E-state index contributed by atoms with van der Waals surface area (Å²) in [5.74, 6) is 0. The first-order valence-electron chi connectivity index (χ1n) is 7.54. The third-order valence-corrected chi connectivity index (χ3v) is 4.53. The summed E-state index contributed by atoms with van der Waals surface area (Å²) in [5.41, 5.74) is 3.72. The molecule has 0 bridgehead atoms. The molecule has 0 aliphatic carbocycles. The van der Waals surface area contributed by atoms with E-state index in [1.54, 1.807) is 0 Å². The van der Waals surface area contributed by atoms with Gasteiger partial charge in [-0.3, -0.25) is 4.68 Å². The highest BCUT2D eigenvalue weighted by Gasteiger charge is 2.14. The van der Waals surface area contributed by atoms with Crippen LogP contribution in [-0.2, 0) is 6.42 Å². The van der Waals surface area contributed by atoms with E-state index in [0.717, 1.165) is 23.1 Å². The molecule has 2 rings (SSSR count). The van der Waals surface area contributed by atoms with Gasteiger partial charge >= 0.3 is 0 Å². The lowest BCUT2D eigenvalue weighted by atomic mass is 10.0. The van der Waals surface area contributed by atoms with Crippen molar-refractivity contribution < 1.29 is 0 Å². The van der Waals surface area contributed by atoms with Gasteiger partial charge in [-0.1, -0.05) is 35.0 Å². The number of aryl methyl sites for hydroxylation is 1. The first-order chi connectivity index (χ1) is 10.0. The van der Waals surface area contributed by atoms with Crippen molar-refractivity contribution >= 4 is 15.9 Å². The zero-order valence-corrected chi connectivity index (χ0v) is 14.8. The van der Waals surface area contributed by atoms with Crippen LogP contribution in [-0.4, -0.2) is 16.3 Å². The van der Waals surface area contributed by atoms with E-state index in [1.165, 1.54) is 11.1 Å². The highest BCUT2D eigenvalue weighted by Crippen LogP contribution is 2.23. The van der Waals surface area contributed by atoms with Crippen molar-refractivity contribution in [1.29, 1.82) is 0 Å². The molecule has 114 valence electrons. The summed E-state index contributed by atoms with van der Waals surface area (Å²) in [5, 5.41) is 8.23. The van der Waals surface area contributed by atoms with Crippen LogP contribution in [0.5, 0.6) is 0 Å². The Balaban J connectivity index is 2.19. The van der Waals surface area contributed by atoms with Crippen molar-refractivity contribution in [2.75, 3.05) is 6.54 Å². The Hall–Kier alpha value is -1.13. The van der Waals surface area contributed by atoms with Gasteiger partial charge in [-0.25, -0.2) is 0 Å². The molecule has 1 heterocycles. The number of likely N-dealkylation sites (N-methyl/N-ethyl adjacent to an activating group) is 1. The van der Waals surface area contributed by atoms with Gasteiger partial charge in [0.15, 0.2) is 0 Å². The van der Waals surface area contributed by atoms with Crippen LogP contribution in [0.15, 0.2) is 34.9 Å². The third-order valence-electron chi connectivity index (χ3n) is 3.64. The molecule has 1 N–H and O–H groups in total. The zero-order chi connectivity index (χ0) is 15.4. The normalized spacial score (nSPS) is 12.9. The molecule has 1 unspecified atom stereocenters. The number of aromatic nitrogens is 2. The number of rotatable bonds is 6. The Morgan fingerprint density at radius 2 is 2.05 bits per heavy atom. The molecule has 0 fully saturated rings. The quantitative estimate of drug-likeness (QED) is 0.835. The van der Waals surface area contributed by atoms with Crippen molar-refractivity contribution in [3.8, 4) is 0 Å². The van der Waals surface area contributed by atoms with Gasteiger partial charge in [0.1, 0.15) is 0 Å². The largest absolute Gasteiger partial charge is 0.310 e. The van der Waals surface area contributed by atoms with E-state index < -0.39 is 0 Å². The summed E-state index contributed by atoms with van der Waals surface area (Å²) < 4.78 is 3.18.